The molecule has 3 aromatic carbocycles. The van der Waals surface area contributed by atoms with Crippen LogP contribution in [0.1, 0.15) is 10.4 Å². The van der Waals surface area contributed by atoms with Gasteiger partial charge in [-0.3, -0.25) is 9.59 Å². The molecule has 1 amide bonds. The van der Waals surface area contributed by atoms with Crippen molar-refractivity contribution in [2.75, 3.05) is 14.2 Å². The summed E-state index contributed by atoms with van der Waals surface area (Å²) in [6, 6.07) is 14.6. The molecule has 31 heavy (non-hydrogen) atoms. The summed E-state index contributed by atoms with van der Waals surface area (Å²) in [5, 5.41) is 2.44. The Bertz CT molecular complexity index is 1410. The van der Waals surface area contributed by atoms with Gasteiger partial charge in [-0.25, -0.2) is 0 Å². The van der Waals surface area contributed by atoms with Crippen LogP contribution in [0, 0.1) is 0 Å². The minimum Gasteiger partial charge on any atom is -0.496 e. The SMILES string of the molecule is COC(=O)Cn1c(=NC(=O)c2cc3ccccc3cc2OC)sc2ccc(Cl)c(Cl)c21. The zero-order chi connectivity index (χ0) is 22.1. The van der Waals surface area contributed by atoms with Crippen molar-refractivity contribution in [3.05, 3.63) is 68.9 Å². The second-order valence-corrected chi connectivity index (χ2v) is 8.37. The van der Waals surface area contributed by atoms with Crippen LogP contribution < -0.4 is 9.54 Å². The molecule has 1 aromatic heterocycles. The molecule has 0 saturated carbocycles. The molecule has 0 fully saturated rings. The molecule has 0 N–H and O–H groups in total. The van der Waals surface area contributed by atoms with Gasteiger partial charge < -0.3 is 14.0 Å². The van der Waals surface area contributed by atoms with E-state index in [0.29, 0.717) is 26.7 Å². The number of esters is 1. The van der Waals surface area contributed by atoms with Gasteiger partial charge in [0, 0.05) is 0 Å². The monoisotopic (exact) mass is 474 g/mol. The van der Waals surface area contributed by atoms with Crippen molar-refractivity contribution in [3.8, 4) is 5.75 Å². The van der Waals surface area contributed by atoms with E-state index in [1.54, 1.807) is 24.3 Å². The number of ether oxygens (including phenoxy) is 2. The van der Waals surface area contributed by atoms with Gasteiger partial charge >= 0.3 is 5.97 Å². The van der Waals surface area contributed by atoms with Crippen LogP contribution in [0.4, 0.5) is 0 Å². The number of halogens is 2. The summed E-state index contributed by atoms with van der Waals surface area (Å²) in [7, 11) is 2.79. The molecule has 0 spiro atoms. The maximum Gasteiger partial charge on any atom is 0.325 e. The summed E-state index contributed by atoms with van der Waals surface area (Å²) in [5.74, 6) is -0.600. The molecule has 6 nitrogen and oxygen atoms in total. The molecular weight excluding hydrogens is 459 g/mol. The summed E-state index contributed by atoms with van der Waals surface area (Å²) >= 11 is 13.8. The highest BCUT2D eigenvalue weighted by atomic mass is 35.5. The predicted molar refractivity (Wildman–Crippen MR) is 122 cm³/mol. The van der Waals surface area contributed by atoms with Crippen LogP contribution in [0.3, 0.4) is 0 Å². The third-order valence-corrected chi connectivity index (χ3v) is 6.58. The van der Waals surface area contributed by atoms with Crippen molar-refractivity contribution in [2.45, 2.75) is 6.54 Å². The Labute approximate surface area is 191 Å². The molecule has 0 aliphatic rings. The van der Waals surface area contributed by atoms with Crippen molar-refractivity contribution in [2.24, 2.45) is 4.99 Å². The molecule has 0 radical (unpaired) electrons. The number of hydrogen-bond acceptors (Lipinski definition) is 5. The highest BCUT2D eigenvalue weighted by molar-refractivity contribution is 7.16. The second kappa shape index (κ2) is 8.70. The number of rotatable bonds is 4. The van der Waals surface area contributed by atoms with Gasteiger partial charge in [0.25, 0.3) is 5.91 Å². The Kier molecular flexibility index (Phi) is 6.00. The van der Waals surface area contributed by atoms with Gasteiger partial charge in [-0.1, -0.05) is 58.8 Å². The molecular formula is C22H16Cl2N2O4S. The first kappa shape index (κ1) is 21.4. The molecule has 4 rings (SSSR count). The fraction of sp³-hybridized carbons (Fsp3) is 0.136. The lowest BCUT2D eigenvalue weighted by Crippen LogP contribution is -2.22. The summed E-state index contributed by atoms with van der Waals surface area (Å²) in [5.41, 5.74) is 0.828. The van der Waals surface area contributed by atoms with Crippen LogP contribution in [0.2, 0.25) is 10.0 Å². The van der Waals surface area contributed by atoms with E-state index in [0.717, 1.165) is 15.5 Å². The number of aromatic nitrogens is 1. The second-order valence-electron chi connectivity index (χ2n) is 6.57. The minimum atomic E-state index is -0.507. The molecule has 9 heteroatoms. The Hall–Kier alpha value is -2.87. The Morgan fingerprint density at radius 1 is 1.06 bits per heavy atom. The van der Waals surface area contributed by atoms with Crippen molar-refractivity contribution >= 4 is 67.4 Å². The van der Waals surface area contributed by atoms with Crippen molar-refractivity contribution in [3.63, 3.8) is 0 Å². The van der Waals surface area contributed by atoms with Crippen LogP contribution >= 0.6 is 34.5 Å². The third kappa shape index (κ3) is 4.04. The minimum absolute atomic E-state index is 0.169. The quantitative estimate of drug-likeness (QED) is 0.386. The summed E-state index contributed by atoms with van der Waals surface area (Å²) in [6.07, 6.45) is 0. The number of benzene rings is 3. The molecule has 158 valence electrons. The molecule has 4 aromatic rings. The number of thiazole rings is 1. The molecule has 1 heterocycles. The van der Waals surface area contributed by atoms with E-state index < -0.39 is 11.9 Å². The van der Waals surface area contributed by atoms with Crippen LogP contribution in [0.5, 0.6) is 5.75 Å². The van der Waals surface area contributed by atoms with Crippen LogP contribution in [0.15, 0.2) is 53.5 Å². The van der Waals surface area contributed by atoms with Gasteiger partial charge in [-0.2, -0.15) is 4.99 Å². The first-order valence-electron chi connectivity index (χ1n) is 9.13. The fourth-order valence-corrected chi connectivity index (χ4v) is 4.74. The zero-order valence-corrected chi connectivity index (χ0v) is 18.8. The lowest BCUT2D eigenvalue weighted by molar-refractivity contribution is -0.141. The lowest BCUT2D eigenvalue weighted by atomic mass is 10.1. The lowest BCUT2D eigenvalue weighted by Gasteiger charge is -2.08. The van der Waals surface area contributed by atoms with Crippen LogP contribution in [-0.2, 0) is 16.1 Å². The van der Waals surface area contributed by atoms with Crippen molar-refractivity contribution in [1.82, 2.24) is 4.57 Å². The Morgan fingerprint density at radius 2 is 1.77 bits per heavy atom. The highest BCUT2D eigenvalue weighted by Gasteiger charge is 2.18. The summed E-state index contributed by atoms with van der Waals surface area (Å²) in [4.78, 5) is 29.7. The molecule has 0 unspecified atom stereocenters. The first-order chi connectivity index (χ1) is 14.9. The molecule has 0 bridgehead atoms. The van der Waals surface area contributed by atoms with Crippen LogP contribution in [-0.4, -0.2) is 30.7 Å². The van der Waals surface area contributed by atoms with Gasteiger partial charge in [0.15, 0.2) is 4.80 Å². The van der Waals surface area contributed by atoms with E-state index in [4.69, 9.17) is 32.7 Å². The number of amides is 1. The summed E-state index contributed by atoms with van der Waals surface area (Å²) in [6.45, 7) is -0.169. The number of nitrogens with zero attached hydrogens (tertiary/aromatic N) is 2. The van der Waals surface area contributed by atoms with Crippen LogP contribution in [0.25, 0.3) is 21.0 Å². The van der Waals surface area contributed by atoms with E-state index in [9.17, 15) is 9.59 Å². The molecule has 0 saturated heterocycles. The number of carbonyl (C=O) groups excluding carboxylic acids is 2. The van der Waals surface area contributed by atoms with E-state index in [-0.39, 0.29) is 11.6 Å². The van der Waals surface area contributed by atoms with Crippen molar-refractivity contribution < 1.29 is 19.1 Å². The maximum absolute atomic E-state index is 13.1. The van der Waals surface area contributed by atoms with Gasteiger partial charge in [0.1, 0.15) is 12.3 Å². The summed E-state index contributed by atoms with van der Waals surface area (Å²) < 4.78 is 12.5. The standard InChI is InChI=1S/C22H16Cl2N2O4S/c1-29-16-10-13-6-4-3-5-12(13)9-14(16)21(28)25-22-26(11-18(27)30-2)20-17(31-22)8-7-15(23)19(20)24/h3-10H,11H2,1-2H3. The fourth-order valence-electron chi connectivity index (χ4n) is 3.23. The average Bonchev–Trinajstić information content (AvgIpc) is 3.12. The number of fused-ring (bicyclic) bond motifs is 2. The van der Waals surface area contributed by atoms with Gasteiger partial charge in [-0.05, 0) is 35.0 Å². The largest absolute Gasteiger partial charge is 0.496 e. The van der Waals surface area contributed by atoms with E-state index in [1.807, 2.05) is 24.3 Å². The van der Waals surface area contributed by atoms with Gasteiger partial charge in [-0.15, -0.1) is 0 Å². The number of carbonyl (C=O) groups is 2. The topological polar surface area (TPSA) is 69.9 Å². The number of hydrogen-bond donors (Lipinski definition) is 0. The average molecular weight is 475 g/mol. The first-order valence-corrected chi connectivity index (χ1v) is 10.7. The van der Waals surface area contributed by atoms with E-state index >= 15 is 0 Å². The van der Waals surface area contributed by atoms with Gasteiger partial charge in [0.05, 0.1) is 40.0 Å². The zero-order valence-electron chi connectivity index (χ0n) is 16.5. The molecule has 0 aliphatic carbocycles. The Morgan fingerprint density at radius 3 is 2.45 bits per heavy atom. The number of methoxy groups -OCH3 is 2. The Balaban J connectivity index is 1.92. The smallest absolute Gasteiger partial charge is 0.325 e. The van der Waals surface area contributed by atoms with Gasteiger partial charge in [0.2, 0.25) is 0 Å². The molecule has 0 atom stereocenters. The van der Waals surface area contributed by atoms with Crippen molar-refractivity contribution in [1.29, 1.82) is 0 Å². The highest BCUT2D eigenvalue weighted by Crippen LogP contribution is 2.32. The molecule has 0 aliphatic heterocycles. The van der Waals surface area contributed by atoms with E-state index in [2.05, 4.69) is 4.99 Å². The predicted octanol–water partition coefficient (Wildman–Crippen LogP) is 5.09. The van der Waals surface area contributed by atoms with E-state index in [1.165, 1.54) is 30.1 Å². The normalized spacial score (nSPS) is 11.8. The third-order valence-electron chi connectivity index (χ3n) is 4.74. The maximum atomic E-state index is 13.1.